The van der Waals surface area contributed by atoms with Crippen LogP contribution in [0.5, 0.6) is 0 Å². The van der Waals surface area contributed by atoms with E-state index in [4.69, 9.17) is 18.5 Å². The van der Waals surface area contributed by atoms with Gasteiger partial charge in [-0.05, 0) is 89.9 Å². The van der Waals surface area contributed by atoms with Crippen molar-refractivity contribution in [2.24, 2.45) is 0 Å². The van der Waals surface area contributed by atoms with Crippen molar-refractivity contribution in [3.63, 3.8) is 0 Å². The predicted molar refractivity (Wildman–Crippen MR) is 251 cm³/mol. The summed E-state index contributed by atoms with van der Waals surface area (Å²) in [5.41, 5.74) is 0. The number of unbranched alkanes of at least 4 members (excludes halogenated alkanes) is 11. The number of phosphoric acid groups is 1. The quantitative estimate of drug-likeness (QED) is 0.0215. The van der Waals surface area contributed by atoms with Crippen molar-refractivity contribution in [3.05, 3.63) is 97.2 Å². The minimum Gasteiger partial charge on any atom is -0.457 e. The smallest absolute Gasteiger partial charge is 0.457 e. The number of phosphoric ester groups is 1. The van der Waals surface area contributed by atoms with Crippen LogP contribution >= 0.6 is 7.82 Å². The second kappa shape index (κ2) is 42.1. The van der Waals surface area contributed by atoms with Crippen LogP contribution in [0.4, 0.5) is 0 Å². The molecule has 0 amide bonds. The van der Waals surface area contributed by atoms with E-state index in [0.717, 1.165) is 77.0 Å². The molecule has 338 valence electrons. The van der Waals surface area contributed by atoms with E-state index in [-0.39, 0.29) is 32.2 Å². The zero-order valence-electron chi connectivity index (χ0n) is 38.2. The fraction of sp³-hybridized carbons (Fsp3) is 0.660. The van der Waals surface area contributed by atoms with Gasteiger partial charge in [0, 0.05) is 13.0 Å². The summed E-state index contributed by atoms with van der Waals surface area (Å²) in [5.74, 6) is -0.360. The SMILES string of the molecule is CC/C=C\C/C=C\C/C=C\C/C=C\CCCCCCCCCCCOCC(COP(=O)(O)OCC[N+](C)(C)C)OC(=O)CCCC/C=C\C/C=C\C/C=C\C/C=C\CC. The first-order valence-corrected chi connectivity index (χ1v) is 24.5. The number of ether oxygens (including phenoxy) is 2. The molecule has 0 spiro atoms. The third kappa shape index (κ3) is 46.3. The van der Waals surface area contributed by atoms with Crippen LogP contribution in [0.15, 0.2) is 97.2 Å². The van der Waals surface area contributed by atoms with Gasteiger partial charge < -0.3 is 18.9 Å². The van der Waals surface area contributed by atoms with Crippen LogP contribution in [0.25, 0.3) is 0 Å². The van der Waals surface area contributed by atoms with Gasteiger partial charge in [0.2, 0.25) is 0 Å². The lowest BCUT2D eigenvalue weighted by Crippen LogP contribution is -2.37. The molecule has 2 unspecified atom stereocenters. The Balaban J connectivity index is 4.27. The number of allylic oxidation sites excluding steroid dienone is 16. The zero-order chi connectivity index (χ0) is 43.4. The first-order valence-electron chi connectivity index (χ1n) is 23.0. The number of carbonyl (C=O) groups excluding carboxylic acids is 1. The van der Waals surface area contributed by atoms with Gasteiger partial charge in [-0.15, -0.1) is 0 Å². The standard InChI is InChI=1S/C50H86NO7P/c1-6-8-10-12-14-16-18-20-22-23-24-25-26-27-28-30-32-34-36-38-40-42-45-55-47-49(48-57-59(53,54)56-46-44-51(3,4)5)58-50(52)43-41-39-37-35-33-31-29-21-19-17-15-13-11-9-7-2/h8-11,14-17,20-22,24-25,29,33,35,49H,6-7,12-13,18-19,23,26-28,30-32,34,36-48H2,1-5H3/p+1/b10-8-,11-9-,16-14-,17-15-,22-20-,25-24-,29-21-,35-33-. The second-order valence-corrected chi connectivity index (χ2v) is 17.5. The summed E-state index contributed by atoms with van der Waals surface area (Å²) in [6.07, 6.45) is 57.4. The average molecular weight is 845 g/mol. The van der Waals surface area contributed by atoms with Crippen LogP contribution in [-0.4, -0.2) is 75.6 Å². The molecular weight excluding hydrogens is 758 g/mol. The lowest BCUT2D eigenvalue weighted by atomic mass is 10.1. The molecule has 8 nitrogen and oxygen atoms in total. The molecule has 0 fully saturated rings. The third-order valence-corrected chi connectivity index (χ3v) is 10.1. The van der Waals surface area contributed by atoms with Gasteiger partial charge in [-0.25, -0.2) is 4.57 Å². The highest BCUT2D eigenvalue weighted by Gasteiger charge is 2.26. The summed E-state index contributed by atoms with van der Waals surface area (Å²) in [7, 11) is 1.62. The summed E-state index contributed by atoms with van der Waals surface area (Å²) < 4.78 is 35.0. The van der Waals surface area contributed by atoms with Gasteiger partial charge in [0.25, 0.3) is 0 Å². The number of esters is 1. The van der Waals surface area contributed by atoms with Gasteiger partial charge in [0.15, 0.2) is 0 Å². The van der Waals surface area contributed by atoms with Gasteiger partial charge in [-0.2, -0.15) is 0 Å². The molecule has 0 heterocycles. The Bertz CT molecular complexity index is 1260. The first-order chi connectivity index (χ1) is 28.6. The Hall–Kier alpha value is -2.58. The molecule has 59 heavy (non-hydrogen) atoms. The zero-order valence-corrected chi connectivity index (χ0v) is 39.1. The normalized spacial score (nSPS) is 14.6. The average Bonchev–Trinajstić information content (AvgIpc) is 3.19. The topological polar surface area (TPSA) is 91.3 Å². The van der Waals surface area contributed by atoms with E-state index >= 15 is 0 Å². The van der Waals surface area contributed by atoms with E-state index in [1.807, 2.05) is 21.1 Å². The molecule has 0 radical (unpaired) electrons. The molecule has 0 saturated carbocycles. The summed E-state index contributed by atoms with van der Waals surface area (Å²) in [6.45, 7) is 5.29. The number of hydrogen-bond donors (Lipinski definition) is 1. The lowest BCUT2D eigenvalue weighted by Gasteiger charge is -2.24. The molecule has 2 atom stereocenters. The number of rotatable bonds is 41. The monoisotopic (exact) mass is 845 g/mol. The summed E-state index contributed by atoms with van der Waals surface area (Å²) in [6, 6.07) is 0. The van der Waals surface area contributed by atoms with Gasteiger partial charge >= 0.3 is 13.8 Å². The Morgan fingerprint density at radius 3 is 1.39 bits per heavy atom. The van der Waals surface area contributed by atoms with Crippen molar-refractivity contribution in [1.82, 2.24) is 0 Å². The van der Waals surface area contributed by atoms with Crippen LogP contribution in [0, 0.1) is 0 Å². The number of carbonyl (C=O) groups is 1. The molecule has 0 rings (SSSR count). The molecule has 0 aliphatic rings. The minimum atomic E-state index is -4.30. The molecule has 9 heteroatoms. The highest BCUT2D eigenvalue weighted by Crippen LogP contribution is 2.43. The maximum atomic E-state index is 12.7. The lowest BCUT2D eigenvalue weighted by molar-refractivity contribution is -0.870. The van der Waals surface area contributed by atoms with Crippen molar-refractivity contribution in [2.45, 2.75) is 161 Å². The fourth-order valence-corrected chi connectivity index (χ4v) is 6.39. The molecule has 0 saturated heterocycles. The van der Waals surface area contributed by atoms with Crippen molar-refractivity contribution in [1.29, 1.82) is 0 Å². The van der Waals surface area contributed by atoms with Crippen molar-refractivity contribution in [3.8, 4) is 0 Å². The Morgan fingerprint density at radius 1 is 0.525 bits per heavy atom. The van der Waals surface area contributed by atoms with E-state index in [1.165, 1.54) is 51.4 Å². The highest BCUT2D eigenvalue weighted by atomic mass is 31.2. The van der Waals surface area contributed by atoms with E-state index < -0.39 is 13.9 Å². The molecule has 0 bridgehead atoms. The maximum absolute atomic E-state index is 12.7. The second-order valence-electron chi connectivity index (χ2n) is 16.0. The van der Waals surface area contributed by atoms with Gasteiger partial charge in [-0.1, -0.05) is 156 Å². The van der Waals surface area contributed by atoms with E-state index in [9.17, 15) is 14.3 Å². The fourth-order valence-electron chi connectivity index (χ4n) is 5.65. The van der Waals surface area contributed by atoms with Crippen LogP contribution in [-0.2, 0) is 27.9 Å². The molecule has 0 aliphatic carbocycles. The number of nitrogens with zero attached hydrogens (tertiary/aromatic N) is 1. The van der Waals surface area contributed by atoms with Gasteiger partial charge in [-0.3, -0.25) is 13.8 Å². The molecular formula is C50H87NO7P+. The third-order valence-electron chi connectivity index (χ3n) is 9.14. The summed E-state index contributed by atoms with van der Waals surface area (Å²) in [4.78, 5) is 22.9. The van der Waals surface area contributed by atoms with E-state index in [1.54, 1.807) is 0 Å². The van der Waals surface area contributed by atoms with Crippen LogP contribution in [0.2, 0.25) is 0 Å². The number of hydrogen-bond acceptors (Lipinski definition) is 6. The van der Waals surface area contributed by atoms with Gasteiger partial charge in [0.1, 0.15) is 19.3 Å². The maximum Gasteiger partial charge on any atom is 0.472 e. The van der Waals surface area contributed by atoms with E-state index in [0.29, 0.717) is 24.1 Å². The molecule has 0 aromatic carbocycles. The molecule has 0 aromatic rings. The van der Waals surface area contributed by atoms with Gasteiger partial charge in [0.05, 0.1) is 34.4 Å². The summed E-state index contributed by atoms with van der Waals surface area (Å²) >= 11 is 0. The Morgan fingerprint density at radius 2 is 0.932 bits per heavy atom. The van der Waals surface area contributed by atoms with Crippen molar-refractivity contribution >= 4 is 13.8 Å². The van der Waals surface area contributed by atoms with Crippen molar-refractivity contribution < 1.29 is 37.3 Å². The van der Waals surface area contributed by atoms with E-state index in [2.05, 4.69) is 111 Å². The molecule has 0 aliphatic heterocycles. The Labute approximate surface area is 362 Å². The summed E-state index contributed by atoms with van der Waals surface area (Å²) in [5, 5.41) is 0. The van der Waals surface area contributed by atoms with Crippen LogP contribution in [0.3, 0.4) is 0 Å². The first kappa shape index (κ1) is 56.4. The van der Waals surface area contributed by atoms with Crippen LogP contribution < -0.4 is 0 Å². The van der Waals surface area contributed by atoms with Crippen LogP contribution in [0.1, 0.15) is 155 Å². The van der Waals surface area contributed by atoms with Crippen molar-refractivity contribution in [2.75, 3.05) is 54.1 Å². The Kier molecular flexibility index (Phi) is 40.3. The number of likely N-dealkylation sites (N-methyl/N-ethyl adjacent to an activating group) is 1. The largest absolute Gasteiger partial charge is 0.472 e. The highest BCUT2D eigenvalue weighted by molar-refractivity contribution is 7.47. The minimum absolute atomic E-state index is 0.0736. The molecule has 1 N–H and O–H groups in total. The predicted octanol–water partition coefficient (Wildman–Crippen LogP) is 13.8. The molecule has 0 aromatic heterocycles. The number of quaternary nitrogens is 1.